The highest BCUT2D eigenvalue weighted by molar-refractivity contribution is 5.95. The molecule has 0 aromatic heterocycles. The zero-order valence-corrected chi connectivity index (χ0v) is 19.7. The molecule has 2 heterocycles. The first-order valence-electron chi connectivity index (χ1n) is 11.2. The standard InChI is InChI=1S/C25H30N4O5/c1-32-18-10-8-17(9-11-18)23-22(24(30)34-3)19(26-25(31)27-23)16-28-12-14-29(15-13-28)20-6-4-5-7-21(20)33-2/h4-11,23H,12-16H2,1-3H3,(H2,26,27,31)/t23-/m1/s1. The second-order valence-corrected chi connectivity index (χ2v) is 8.12. The Morgan fingerprint density at radius 1 is 0.971 bits per heavy atom. The molecule has 0 bridgehead atoms. The SMILES string of the molecule is COC(=O)C1=C(CN2CCN(c3ccccc3OC)CC2)NC(=O)N[C@@H]1c1ccc(OC)cc1. The Bertz CT molecular complexity index is 1060. The Kier molecular flexibility index (Phi) is 7.22. The zero-order chi connectivity index (χ0) is 24.1. The molecule has 0 saturated carbocycles. The lowest BCUT2D eigenvalue weighted by Crippen LogP contribution is -2.51. The number of para-hydroxylation sites is 2. The van der Waals surface area contributed by atoms with Gasteiger partial charge in [-0.1, -0.05) is 24.3 Å². The minimum Gasteiger partial charge on any atom is -0.497 e. The van der Waals surface area contributed by atoms with Gasteiger partial charge in [-0.25, -0.2) is 9.59 Å². The van der Waals surface area contributed by atoms with Crippen molar-refractivity contribution in [1.29, 1.82) is 0 Å². The van der Waals surface area contributed by atoms with Crippen molar-refractivity contribution in [3.63, 3.8) is 0 Å². The predicted octanol–water partition coefficient (Wildman–Crippen LogP) is 2.31. The summed E-state index contributed by atoms with van der Waals surface area (Å²) in [6.45, 7) is 3.58. The Hall–Kier alpha value is -3.72. The van der Waals surface area contributed by atoms with E-state index in [1.54, 1.807) is 26.4 Å². The summed E-state index contributed by atoms with van der Waals surface area (Å²) < 4.78 is 15.8. The summed E-state index contributed by atoms with van der Waals surface area (Å²) in [5.41, 5.74) is 2.80. The van der Waals surface area contributed by atoms with Gasteiger partial charge in [0.25, 0.3) is 0 Å². The van der Waals surface area contributed by atoms with E-state index in [-0.39, 0.29) is 6.03 Å². The fraction of sp³-hybridized carbons (Fsp3) is 0.360. The lowest BCUT2D eigenvalue weighted by Gasteiger charge is -2.38. The van der Waals surface area contributed by atoms with Crippen LogP contribution in [0.5, 0.6) is 11.5 Å². The number of hydrogen-bond acceptors (Lipinski definition) is 7. The maximum absolute atomic E-state index is 12.8. The number of anilines is 1. The van der Waals surface area contributed by atoms with Crippen LogP contribution in [0.2, 0.25) is 0 Å². The number of esters is 1. The van der Waals surface area contributed by atoms with E-state index in [4.69, 9.17) is 14.2 Å². The molecule has 2 aliphatic heterocycles. The first kappa shape index (κ1) is 23.4. The molecule has 2 aromatic rings. The van der Waals surface area contributed by atoms with Crippen LogP contribution in [-0.2, 0) is 9.53 Å². The van der Waals surface area contributed by atoms with Gasteiger partial charge >= 0.3 is 12.0 Å². The van der Waals surface area contributed by atoms with Crippen molar-refractivity contribution in [2.45, 2.75) is 6.04 Å². The van der Waals surface area contributed by atoms with E-state index < -0.39 is 12.0 Å². The maximum Gasteiger partial charge on any atom is 0.338 e. The molecule has 0 spiro atoms. The van der Waals surface area contributed by atoms with Gasteiger partial charge in [-0.3, -0.25) is 4.90 Å². The van der Waals surface area contributed by atoms with Crippen LogP contribution in [0.15, 0.2) is 59.8 Å². The van der Waals surface area contributed by atoms with E-state index in [1.165, 1.54) is 7.11 Å². The molecule has 4 rings (SSSR count). The van der Waals surface area contributed by atoms with Crippen molar-refractivity contribution in [1.82, 2.24) is 15.5 Å². The minimum atomic E-state index is -0.614. The number of benzene rings is 2. The molecule has 0 aliphatic carbocycles. The average molecular weight is 467 g/mol. The Labute approximate surface area is 199 Å². The molecule has 2 N–H and O–H groups in total. The van der Waals surface area contributed by atoms with Crippen molar-refractivity contribution in [3.8, 4) is 11.5 Å². The molecule has 1 saturated heterocycles. The second kappa shape index (κ2) is 10.5. The number of ether oxygens (including phenoxy) is 3. The number of rotatable bonds is 7. The summed E-state index contributed by atoms with van der Waals surface area (Å²) in [5.74, 6) is 1.07. The second-order valence-electron chi connectivity index (χ2n) is 8.12. The van der Waals surface area contributed by atoms with E-state index in [0.717, 1.165) is 43.2 Å². The fourth-order valence-electron chi connectivity index (χ4n) is 4.40. The van der Waals surface area contributed by atoms with E-state index in [0.29, 0.717) is 23.6 Å². The molecule has 2 aromatic carbocycles. The third-order valence-corrected chi connectivity index (χ3v) is 6.19. The number of piperazine rings is 1. The van der Waals surface area contributed by atoms with Gasteiger partial charge in [0.05, 0.1) is 38.6 Å². The van der Waals surface area contributed by atoms with Gasteiger partial charge in [-0.2, -0.15) is 0 Å². The molecule has 180 valence electrons. The first-order chi connectivity index (χ1) is 16.5. The van der Waals surface area contributed by atoms with Crippen LogP contribution in [0.25, 0.3) is 0 Å². The van der Waals surface area contributed by atoms with Gasteiger partial charge in [0.1, 0.15) is 11.5 Å². The number of amides is 2. The highest BCUT2D eigenvalue weighted by Crippen LogP contribution is 2.31. The number of nitrogens with zero attached hydrogens (tertiary/aromatic N) is 2. The van der Waals surface area contributed by atoms with Gasteiger partial charge in [-0.15, -0.1) is 0 Å². The van der Waals surface area contributed by atoms with Crippen molar-refractivity contribution in [2.75, 3.05) is 59.0 Å². The normalized spacial score (nSPS) is 18.7. The van der Waals surface area contributed by atoms with E-state index in [1.807, 2.05) is 30.3 Å². The quantitative estimate of drug-likeness (QED) is 0.605. The summed E-state index contributed by atoms with van der Waals surface area (Å²) in [4.78, 5) is 29.8. The van der Waals surface area contributed by atoms with Gasteiger partial charge in [0, 0.05) is 38.4 Å². The fourth-order valence-corrected chi connectivity index (χ4v) is 4.40. The average Bonchev–Trinajstić information content (AvgIpc) is 2.88. The highest BCUT2D eigenvalue weighted by Gasteiger charge is 2.34. The van der Waals surface area contributed by atoms with Gasteiger partial charge < -0.3 is 29.7 Å². The van der Waals surface area contributed by atoms with Crippen LogP contribution in [0.4, 0.5) is 10.5 Å². The monoisotopic (exact) mass is 466 g/mol. The molecule has 34 heavy (non-hydrogen) atoms. The Morgan fingerprint density at radius 2 is 1.68 bits per heavy atom. The summed E-state index contributed by atoms with van der Waals surface area (Å²) in [6, 6.07) is 14.3. The molecule has 2 amide bonds. The molecular weight excluding hydrogens is 436 g/mol. The topological polar surface area (TPSA) is 92.4 Å². The van der Waals surface area contributed by atoms with Crippen molar-refractivity contribution < 1.29 is 23.8 Å². The van der Waals surface area contributed by atoms with Gasteiger partial charge in [-0.05, 0) is 29.8 Å². The van der Waals surface area contributed by atoms with E-state index >= 15 is 0 Å². The van der Waals surface area contributed by atoms with Crippen molar-refractivity contribution in [3.05, 3.63) is 65.4 Å². The number of carbonyl (C=O) groups is 2. The third kappa shape index (κ3) is 4.94. The molecule has 9 nitrogen and oxygen atoms in total. The smallest absolute Gasteiger partial charge is 0.338 e. The summed E-state index contributed by atoms with van der Waals surface area (Å²) in [6.07, 6.45) is 0. The zero-order valence-electron chi connectivity index (χ0n) is 19.7. The van der Waals surface area contributed by atoms with Gasteiger partial charge in [0.2, 0.25) is 0 Å². The molecule has 9 heteroatoms. The van der Waals surface area contributed by atoms with E-state index in [9.17, 15) is 9.59 Å². The molecule has 0 radical (unpaired) electrons. The van der Waals surface area contributed by atoms with E-state index in [2.05, 4.69) is 26.5 Å². The van der Waals surface area contributed by atoms with Crippen LogP contribution < -0.4 is 25.0 Å². The minimum absolute atomic E-state index is 0.351. The number of carbonyl (C=O) groups excluding carboxylic acids is 2. The third-order valence-electron chi connectivity index (χ3n) is 6.19. The predicted molar refractivity (Wildman–Crippen MR) is 128 cm³/mol. The molecular formula is C25H30N4O5. The Morgan fingerprint density at radius 3 is 2.32 bits per heavy atom. The van der Waals surface area contributed by atoms with Crippen LogP contribution >= 0.6 is 0 Å². The van der Waals surface area contributed by atoms with Crippen LogP contribution in [0, 0.1) is 0 Å². The molecule has 1 atom stereocenters. The summed E-state index contributed by atoms with van der Waals surface area (Å²) in [5, 5.41) is 5.69. The van der Waals surface area contributed by atoms with Gasteiger partial charge in [0.15, 0.2) is 0 Å². The van der Waals surface area contributed by atoms with Crippen molar-refractivity contribution >= 4 is 17.7 Å². The van der Waals surface area contributed by atoms with Crippen molar-refractivity contribution in [2.24, 2.45) is 0 Å². The molecule has 2 aliphatic rings. The van der Waals surface area contributed by atoms with Crippen LogP contribution in [0.3, 0.4) is 0 Å². The lowest BCUT2D eigenvalue weighted by atomic mass is 9.95. The lowest BCUT2D eigenvalue weighted by molar-refractivity contribution is -0.136. The number of nitrogens with one attached hydrogen (secondary N) is 2. The largest absolute Gasteiger partial charge is 0.497 e. The maximum atomic E-state index is 12.8. The first-order valence-corrected chi connectivity index (χ1v) is 11.2. The van der Waals surface area contributed by atoms with Crippen LogP contribution in [-0.4, -0.2) is 71.0 Å². The molecule has 1 fully saturated rings. The molecule has 0 unspecified atom stereocenters. The number of hydrogen-bond donors (Lipinski definition) is 2. The number of urea groups is 1. The summed E-state index contributed by atoms with van der Waals surface area (Å²) >= 11 is 0. The van der Waals surface area contributed by atoms with Crippen LogP contribution in [0.1, 0.15) is 11.6 Å². The Balaban J connectivity index is 1.54. The number of methoxy groups -OCH3 is 3. The summed E-state index contributed by atoms with van der Waals surface area (Å²) in [7, 11) is 4.61. The highest BCUT2D eigenvalue weighted by atomic mass is 16.5.